The molecule has 4 fully saturated rings. The third-order valence-corrected chi connectivity index (χ3v) is 9.00. The maximum atomic E-state index is 13.3. The zero-order valence-corrected chi connectivity index (χ0v) is 15.6. The SMILES string of the molecule is C[C@H]1C(=O)C23[C@H](O)C[C@@H]4[C@](C)(CO)CCC[C@@]4(CO)[C@@H]2[C@@H](O)C[C@@H]1[C@H]3O. The molecule has 1 unspecified atom stereocenters. The van der Waals surface area contributed by atoms with Gasteiger partial charge in [-0.2, -0.15) is 0 Å². The maximum absolute atomic E-state index is 13.3. The molecule has 0 saturated heterocycles. The van der Waals surface area contributed by atoms with Crippen LogP contribution in [0.15, 0.2) is 0 Å². The van der Waals surface area contributed by atoms with Gasteiger partial charge in [0.2, 0.25) is 0 Å². The number of hydrogen-bond donors (Lipinski definition) is 5. The van der Waals surface area contributed by atoms with Crippen LogP contribution in [0.2, 0.25) is 0 Å². The molecular formula is C20H32O6. The molecule has 10 atom stereocenters. The molecule has 4 rings (SSSR count). The number of fused-ring (bicyclic) bond motifs is 3. The summed E-state index contributed by atoms with van der Waals surface area (Å²) in [5.41, 5.74) is -2.63. The van der Waals surface area contributed by atoms with Crippen LogP contribution >= 0.6 is 0 Å². The summed E-state index contributed by atoms with van der Waals surface area (Å²) in [5.74, 6) is -1.79. The fraction of sp³-hybridized carbons (Fsp3) is 0.950. The van der Waals surface area contributed by atoms with Gasteiger partial charge in [0.05, 0.1) is 23.7 Å². The molecule has 0 aromatic rings. The lowest BCUT2D eigenvalue weighted by atomic mass is 9.38. The number of hydrogen-bond acceptors (Lipinski definition) is 6. The van der Waals surface area contributed by atoms with Crippen molar-refractivity contribution in [3.8, 4) is 0 Å². The standard InChI is InChI=1S/C20H32O6/c1-10-11-6-12(23)15-19(9-22)5-3-4-18(2,8-21)13(19)7-14(24)20(15,16(10)25)17(11)26/h10-15,17,21-24,26H,3-9H2,1-2H3/t10-,11+,12+,13-,14-,15+,17-,18+,19+,20?/m1/s1. The molecule has 5 N–H and O–H groups in total. The topological polar surface area (TPSA) is 118 Å². The summed E-state index contributed by atoms with van der Waals surface area (Å²) in [6.07, 6.45) is -0.102. The van der Waals surface area contributed by atoms with Gasteiger partial charge in [-0.3, -0.25) is 4.79 Å². The molecule has 0 aromatic carbocycles. The van der Waals surface area contributed by atoms with Gasteiger partial charge in [0.25, 0.3) is 0 Å². The Morgan fingerprint density at radius 2 is 1.77 bits per heavy atom. The van der Waals surface area contributed by atoms with Crippen molar-refractivity contribution < 1.29 is 30.3 Å². The van der Waals surface area contributed by atoms with Gasteiger partial charge in [0, 0.05) is 30.5 Å². The summed E-state index contributed by atoms with van der Waals surface area (Å²) in [6, 6.07) is 0. The zero-order chi connectivity index (χ0) is 19.1. The Kier molecular flexibility index (Phi) is 4.15. The minimum Gasteiger partial charge on any atom is -0.396 e. The van der Waals surface area contributed by atoms with Crippen LogP contribution in [0, 0.1) is 39.9 Å². The van der Waals surface area contributed by atoms with Gasteiger partial charge in [-0.05, 0) is 42.9 Å². The number of aliphatic hydroxyl groups excluding tert-OH is 5. The molecule has 1 spiro atoms. The lowest BCUT2D eigenvalue weighted by Gasteiger charge is -2.66. The highest BCUT2D eigenvalue weighted by atomic mass is 16.3. The quantitative estimate of drug-likeness (QED) is 0.471. The lowest BCUT2D eigenvalue weighted by molar-refractivity contribution is -0.267. The Balaban J connectivity index is 1.92. The van der Waals surface area contributed by atoms with Crippen molar-refractivity contribution in [2.75, 3.05) is 13.2 Å². The number of ketones is 1. The molecule has 4 aliphatic carbocycles. The van der Waals surface area contributed by atoms with Crippen molar-refractivity contribution in [2.24, 2.45) is 39.9 Å². The molecule has 6 heteroatoms. The van der Waals surface area contributed by atoms with Crippen molar-refractivity contribution in [3.05, 3.63) is 0 Å². The zero-order valence-electron chi connectivity index (χ0n) is 15.6. The van der Waals surface area contributed by atoms with Crippen LogP contribution in [0.3, 0.4) is 0 Å². The van der Waals surface area contributed by atoms with Crippen LogP contribution in [0.4, 0.5) is 0 Å². The second kappa shape index (κ2) is 5.74. The summed E-state index contributed by atoms with van der Waals surface area (Å²) in [6.45, 7) is 3.49. The van der Waals surface area contributed by atoms with Crippen molar-refractivity contribution in [1.82, 2.24) is 0 Å². The van der Waals surface area contributed by atoms with Crippen molar-refractivity contribution >= 4 is 5.78 Å². The highest BCUT2D eigenvalue weighted by molar-refractivity contribution is 5.92. The molecule has 0 amide bonds. The van der Waals surface area contributed by atoms with Gasteiger partial charge in [-0.15, -0.1) is 0 Å². The van der Waals surface area contributed by atoms with Gasteiger partial charge in [-0.1, -0.05) is 20.3 Å². The molecule has 4 saturated carbocycles. The van der Waals surface area contributed by atoms with Crippen molar-refractivity contribution in [3.63, 3.8) is 0 Å². The average molecular weight is 368 g/mol. The van der Waals surface area contributed by atoms with E-state index in [1.165, 1.54) is 0 Å². The third kappa shape index (κ3) is 1.88. The van der Waals surface area contributed by atoms with Crippen molar-refractivity contribution in [1.29, 1.82) is 0 Å². The minimum absolute atomic E-state index is 0.0581. The molecule has 0 radical (unpaired) electrons. The van der Waals surface area contributed by atoms with E-state index in [1.54, 1.807) is 6.92 Å². The van der Waals surface area contributed by atoms with E-state index in [1.807, 2.05) is 6.92 Å². The van der Waals surface area contributed by atoms with Crippen LogP contribution in [0.25, 0.3) is 0 Å². The van der Waals surface area contributed by atoms with E-state index >= 15 is 0 Å². The first-order valence-corrected chi connectivity index (χ1v) is 10.0. The first kappa shape index (κ1) is 18.8. The summed E-state index contributed by atoms with van der Waals surface area (Å²) < 4.78 is 0. The van der Waals surface area contributed by atoms with Crippen LogP contribution in [-0.4, -0.2) is 62.8 Å². The third-order valence-electron chi connectivity index (χ3n) is 9.00. The molecule has 2 bridgehead atoms. The Hall–Kier alpha value is -0.530. The average Bonchev–Trinajstić information content (AvgIpc) is 2.74. The van der Waals surface area contributed by atoms with Crippen LogP contribution in [0.5, 0.6) is 0 Å². The second-order valence-electron chi connectivity index (χ2n) is 9.84. The van der Waals surface area contributed by atoms with Crippen LogP contribution < -0.4 is 0 Å². The van der Waals surface area contributed by atoms with Gasteiger partial charge >= 0.3 is 0 Å². The van der Waals surface area contributed by atoms with E-state index in [0.717, 1.165) is 12.8 Å². The van der Waals surface area contributed by atoms with E-state index in [2.05, 4.69) is 0 Å². The number of aliphatic hydroxyl groups is 5. The second-order valence-corrected chi connectivity index (χ2v) is 9.84. The number of Topliss-reactive ketones (excluding diaryl/α,β-unsaturated/α-hetero) is 1. The molecule has 26 heavy (non-hydrogen) atoms. The van der Waals surface area contributed by atoms with E-state index in [9.17, 15) is 30.3 Å². The number of carbonyl (C=O) groups is 1. The molecule has 6 nitrogen and oxygen atoms in total. The van der Waals surface area contributed by atoms with E-state index in [4.69, 9.17) is 0 Å². The largest absolute Gasteiger partial charge is 0.396 e. The smallest absolute Gasteiger partial charge is 0.147 e. The van der Waals surface area contributed by atoms with Gasteiger partial charge in [0.15, 0.2) is 0 Å². The summed E-state index contributed by atoms with van der Waals surface area (Å²) in [5, 5.41) is 54.0. The van der Waals surface area contributed by atoms with Gasteiger partial charge in [0.1, 0.15) is 5.78 Å². The summed E-state index contributed by atoms with van der Waals surface area (Å²) in [4.78, 5) is 13.3. The molecule has 0 heterocycles. The molecule has 148 valence electrons. The Bertz CT molecular complexity index is 609. The first-order valence-electron chi connectivity index (χ1n) is 10.0. The lowest BCUT2D eigenvalue weighted by Crippen LogP contribution is -2.72. The maximum Gasteiger partial charge on any atom is 0.147 e. The normalized spacial score (nSPS) is 59.0. The highest BCUT2D eigenvalue weighted by Crippen LogP contribution is 2.71. The molecule has 0 aliphatic heterocycles. The fourth-order valence-electron chi connectivity index (χ4n) is 7.84. The highest BCUT2D eigenvalue weighted by Gasteiger charge is 2.77. The Labute approximate surface area is 154 Å². The summed E-state index contributed by atoms with van der Waals surface area (Å²) in [7, 11) is 0. The monoisotopic (exact) mass is 368 g/mol. The molecule has 0 aromatic heterocycles. The predicted molar refractivity (Wildman–Crippen MR) is 92.9 cm³/mol. The van der Waals surface area contributed by atoms with Gasteiger partial charge in [-0.25, -0.2) is 0 Å². The predicted octanol–water partition coefficient (Wildman–Crippen LogP) is 0.0915. The first-order chi connectivity index (χ1) is 12.2. The Morgan fingerprint density at radius 3 is 2.38 bits per heavy atom. The number of rotatable bonds is 2. The minimum atomic E-state index is -1.39. The van der Waals surface area contributed by atoms with Crippen LogP contribution in [0.1, 0.15) is 46.0 Å². The molecule has 4 aliphatic rings. The van der Waals surface area contributed by atoms with Gasteiger partial charge < -0.3 is 25.5 Å². The molecular weight excluding hydrogens is 336 g/mol. The van der Waals surface area contributed by atoms with E-state index < -0.39 is 46.4 Å². The van der Waals surface area contributed by atoms with E-state index in [0.29, 0.717) is 12.8 Å². The Morgan fingerprint density at radius 1 is 1.08 bits per heavy atom. The van der Waals surface area contributed by atoms with Crippen LogP contribution in [-0.2, 0) is 4.79 Å². The van der Waals surface area contributed by atoms with Crippen molar-refractivity contribution in [2.45, 2.75) is 64.3 Å². The summed E-state index contributed by atoms with van der Waals surface area (Å²) >= 11 is 0. The van der Waals surface area contributed by atoms with E-state index in [-0.39, 0.29) is 37.3 Å². The number of carbonyl (C=O) groups excluding carboxylic acids is 1. The fourth-order valence-corrected chi connectivity index (χ4v) is 7.84.